The van der Waals surface area contributed by atoms with E-state index in [9.17, 15) is 9.59 Å². The molecule has 2 fully saturated rings. The van der Waals surface area contributed by atoms with Crippen LogP contribution in [-0.2, 0) is 19.1 Å². The summed E-state index contributed by atoms with van der Waals surface area (Å²) in [6.45, 7) is 5.02. The van der Waals surface area contributed by atoms with Crippen LogP contribution < -0.4 is 0 Å². The lowest BCUT2D eigenvalue weighted by Gasteiger charge is -2.25. The van der Waals surface area contributed by atoms with Gasteiger partial charge in [-0.15, -0.1) is 11.6 Å². The molecule has 1 heterocycles. The molecule has 6 heteroatoms. The molecule has 1 aliphatic heterocycles. The summed E-state index contributed by atoms with van der Waals surface area (Å²) in [5.41, 5.74) is 0. The molecule has 0 spiro atoms. The van der Waals surface area contributed by atoms with Gasteiger partial charge in [-0.3, -0.25) is 14.5 Å². The molecule has 0 radical (unpaired) electrons. The molecular weight excluding hydrogens is 354 g/mol. The fourth-order valence-corrected chi connectivity index (χ4v) is 4.97. The van der Waals surface area contributed by atoms with E-state index in [0.29, 0.717) is 32.8 Å². The van der Waals surface area contributed by atoms with Crippen LogP contribution in [0.3, 0.4) is 0 Å². The van der Waals surface area contributed by atoms with Crippen molar-refractivity contribution in [2.24, 2.45) is 17.8 Å². The normalized spacial score (nSPS) is 32.1. The molecule has 26 heavy (non-hydrogen) atoms. The second-order valence-electron chi connectivity index (χ2n) is 7.57. The molecule has 2 aliphatic carbocycles. The largest absolute Gasteiger partial charge is 0.379 e. The molecule has 5 nitrogen and oxygen atoms in total. The predicted octanol–water partition coefficient (Wildman–Crippen LogP) is 3.16. The standard InChI is InChI=1S/C20H30ClNO4/c1-2-3-4-5-10-25-12-13-26-11-6-9-22-18(23)17-15-7-8-16(14-15)20(17,21)19(22)24/h7-8,15-17H,2-6,9-14H2,1H3/t15-,16-,17-,20+/m0/s1. The number of unbranched alkanes of at least 4 members (excludes halogenated alkanes) is 3. The maximum absolute atomic E-state index is 12.7. The van der Waals surface area contributed by atoms with Crippen molar-refractivity contribution in [2.45, 2.75) is 50.3 Å². The van der Waals surface area contributed by atoms with Crippen LogP contribution in [0.4, 0.5) is 0 Å². The minimum atomic E-state index is -1.02. The molecule has 0 aromatic carbocycles. The van der Waals surface area contributed by atoms with E-state index in [-0.39, 0.29) is 29.6 Å². The zero-order valence-corrected chi connectivity index (χ0v) is 16.4. The Morgan fingerprint density at radius 1 is 1.08 bits per heavy atom. The van der Waals surface area contributed by atoms with Crippen LogP contribution in [0.15, 0.2) is 12.2 Å². The number of halogens is 1. The number of likely N-dealkylation sites (tertiary alicyclic amines) is 1. The summed E-state index contributed by atoms with van der Waals surface area (Å²) < 4.78 is 11.1. The highest BCUT2D eigenvalue weighted by molar-refractivity contribution is 6.41. The molecule has 3 rings (SSSR count). The maximum Gasteiger partial charge on any atom is 0.251 e. The lowest BCUT2D eigenvalue weighted by atomic mass is 9.84. The van der Waals surface area contributed by atoms with E-state index in [2.05, 4.69) is 13.0 Å². The number of hydrogen-bond acceptors (Lipinski definition) is 4. The smallest absolute Gasteiger partial charge is 0.251 e. The number of nitrogens with zero attached hydrogens (tertiary/aromatic N) is 1. The summed E-state index contributed by atoms with van der Waals surface area (Å²) in [5.74, 6) is -0.539. The van der Waals surface area contributed by atoms with Crippen LogP contribution in [-0.4, -0.2) is 54.6 Å². The van der Waals surface area contributed by atoms with E-state index in [1.807, 2.05) is 6.08 Å². The molecule has 4 atom stereocenters. The lowest BCUT2D eigenvalue weighted by Crippen LogP contribution is -2.41. The second-order valence-corrected chi connectivity index (χ2v) is 8.20. The van der Waals surface area contributed by atoms with Crippen LogP contribution >= 0.6 is 11.6 Å². The summed E-state index contributed by atoms with van der Waals surface area (Å²) >= 11 is 6.64. The summed E-state index contributed by atoms with van der Waals surface area (Å²) in [6.07, 6.45) is 10.3. The Bertz CT molecular complexity index is 552. The van der Waals surface area contributed by atoms with Gasteiger partial charge in [-0.05, 0) is 25.2 Å². The number of rotatable bonds is 12. The van der Waals surface area contributed by atoms with Gasteiger partial charge in [-0.2, -0.15) is 0 Å². The molecule has 1 saturated heterocycles. The molecule has 2 amide bonds. The molecule has 0 aromatic heterocycles. The first-order valence-corrected chi connectivity index (χ1v) is 10.4. The Hall–Kier alpha value is -0.910. The first-order chi connectivity index (χ1) is 12.6. The van der Waals surface area contributed by atoms with E-state index in [1.165, 1.54) is 24.2 Å². The third-order valence-electron chi connectivity index (χ3n) is 5.83. The van der Waals surface area contributed by atoms with E-state index >= 15 is 0 Å². The van der Waals surface area contributed by atoms with Gasteiger partial charge in [-0.1, -0.05) is 38.3 Å². The fraction of sp³-hybridized carbons (Fsp3) is 0.800. The second kappa shape index (κ2) is 8.85. The van der Waals surface area contributed by atoms with Gasteiger partial charge in [0.1, 0.15) is 4.87 Å². The van der Waals surface area contributed by atoms with Crippen molar-refractivity contribution in [3.05, 3.63) is 12.2 Å². The molecule has 0 N–H and O–H groups in total. The maximum atomic E-state index is 12.7. The molecule has 0 aromatic rings. The van der Waals surface area contributed by atoms with Gasteiger partial charge in [0.15, 0.2) is 0 Å². The molecule has 1 saturated carbocycles. The van der Waals surface area contributed by atoms with Crippen molar-refractivity contribution in [1.29, 1.82) is 0 Å². The quantitative estimate of drug-likeness (QED) is 0.225. The van der Waals surface area contributed by atoms with Gasteiger partial charge in [0.05, 0.1) is 19.1 Å². The zero-order valence-electron chi connectivity index (χ0n) is 15.6. The van der Waals surface area contributed by atoms with E-state index < -0.39 is 4.87 Å². The number of carbonyl (C=O) groups excluding carboxylic acids is 2. The number of fused-ring (bicyclic) bond motifs is 5. The van der Waals surface area contributed by atoms with Gasteiger partial charge in [0, 0.05) is 25.7 Å². The van der Waals surface area contributed by atoms with Crippen molar-refractivity contribution in [1.82, 2.24) is 4.90 Å². The number of amides is 2. The van der Waals surface area contributed by atoms with Crippen molar-refractivity contribution >= 4 is 23.4 Å². The minimum Gasteiger partial charge on any atom is -0.379 e. The van der Waals surface area contributed by atoms with Crippen molar-refractivity contribution in [2.75, 3.05) is 33.0 Å². The van der Waals surface area contributed by atoms with E-state index in [4.69, 9.17) is 21.1 Å². The monoisotopic (exact) mass is 383 g/mol. The third kappa shape index (κ3) is 3.71. The summed E-state index contributed by atoms with van der Waals surface area (Å²) in [7, 11) is 0. The van der Waals surface area contributed by atoms with Crippen LogP contribution in [0, 0.1) is 17.8 Å². The average Bonchev–Trinajstić information content (AvgIpc) is 3.26. The van der Waals surface area contributed by atoms with E-state index in [1.54, 1.807) is 0 Å². The highest BCUT2D eigenvalue weighted by Gasteiger charge is 2.68. The van der Waals surface area contributed by atoms with Gasteiger partial charge in [0.25, 0.3) is 5.91 Å². The summed E-state index contributed by atoms with van der Waals surface area (Å²) in [4.78, 5) is 25.7. The summed E-state index contributed by atoms with van der Waals surface area (Å²) in [5, 5.41) is 0. The summed E-state index contributed by atoms with van der Waals surface area (Å²) in [6, 6.07) is 0. The predicted molar refractivity (Wildman–Crippen MR) is 99.9 cm³/mol. The van der Waals surface area contributed by atoms with Crippen molar-refractivity contribution in [3.63, 3.8) is 0 Å². The average molecular weight is 384 g/mol. The van der Waals surface area contributed by atoms with Gasteiger partial charge in [-0.25, -0.2) is 0 Å². The molecule has 3 aliphatic rings. The topological polar surface area (TPSA) is 55.8 Å². The molecular formula is C20H30ClNO4. The SMILES string of the molecule is CCCCCCOCCOCCCN1C(=O)[C@@H]2[C@H]3C=C[C@@H](C3)[C@]2(Cl)C1=O. The van der Waals surface area contributed by atoms with Crippen molar-refractivity contribution in [3.8, 4) is 0 Å². The lowest BCUT2D eigenvalue weighted by molar-refractivity contribution is -0.140. The first kappa shape index (κ1) is 19.8. The number of hydrogen-bond donors (Lipinski definition) is 0. The number of allylic oxidation sites excluding steroid dienone is 2. The Labute approximate surface area is 161 Å². The number of ether oxygens (including phenoxy) is 2. The molecule has 146 valence electrons. The Kier molecular flexibility index (Phi) is 6.76. The van der Waals surface area contributed by atoms with E-state index in [0.717, 1.165) is 19.4 Å². The van der Waals surface area contributed by atoms with Gasteiger partial charge >= 0.3 is 0 Å². The van der Waals surface area contributed by atoms with Crippen LogP contribution in [0.5, 0.6) is 0 Å². The third-order valence-corrected chi connectivity index (χ3v) is 6.50. The fourth-order valence-electron chi connectivity index (χ4n) is 4.45. The van der Waals surface area contributed by atoms with Gasteiger partial charge in [0.2, 0.25) is 5.91 Å². The van der Waals surface area contributed by atoms with Crippen molar-refractivity contribution < 1.29 is 19.1 Å². The first-order valence-electron chi connectivity index (χ1n) is 9.99. The number of imide groups is 1. The Morgan fingerprint density at radius 3 is 2.50 bits per heavy atom. The molecule has 2 bridgehead atoms. The van der Waals surface area contributed by atoms with Gasteiger partial charge < -0.3 is 9.47 Å². The minimum absolute atomic E-state index is 0.00587. The van der Waals surface area contributed by atoms with Crippen LogP contribution in [0.25, 0.3) is 0 Å². The highest BCUT2D eigenvalue weighted by Crippen LogP contribution is 2.58. The van der Waals surface area contributed by atoms with Crippen LogP contribution in [0.2, 0.25) is 0 Å². The molecule has 0 unspecified atom stereocenters. The number of alkyl halides is 1. The number of carbonyl (C=O) groups is 2. The Morgan fingerprint density at radius 2 is 1.81 bits per heavy atom. The Balaban J connectivity index is 1.29. The highest BCUT2D eigenvalue weighted by atomic mass is 35.5. The van der Waals surface area contributed by atoms with Crippen LogP contribution in [0.1, 0.15) is 45.4 Å². The zero-order chi connectivity index (χ0) is 18.6.